The summed E-state index contributed by atoms with van der Waals surface area (Å²) in [7, 11) is 1.17. The van der Waals surface area contributed by atoms with Crippen LogP contribution in [0.5, 0.6) is 0 Å². The summed E-state index contributed by atoms with van der Waals surface area (Å²) in [5.41, 5.74) is -1.43. The van der Waals surface area contributed by atoms with Crippen molar-refractivity contribution < 1.29 is 24.0 Å². The number of esters is 1. The normalized spacial score (nSPS) is 13.2. The summed E-state index contributed by atoms with van der Waals surface area (Å²) in [6.45, 7) is 0.398. The number of ether oxygens (including phenoxy) is 1. The molecule has 0 amide bonds. The number of hydrogen-bond donors (Lipinski definition) is 1. The Morgan fingerprint density at radius 2 is 2.12 bits per heavy atom. The standard InChI is InChI=1S/C16H14ClFN2O5/c1-16(22,8-20(23)24)14-7-10(15(21)25-2)6-13(19-14)9-3-4-12(18)11(17)5-9/h3-7,22H,8H2,1-2H3. The molecule has 1 heterocycles. The molecule has 1 aromatic carbocycles. The van der Waals surface area contributed by atoms with E-state index in [2.05, 4.69) is 9.72 Å². The molecule has 7 nitrogen and oxygen atoms in total. The van der Waals surface area contributed by atoms with Crippen LogP contribution in [0.4, 0.5) is 4.39 Å². The average Bonchev–Trinajstić information content (AvgIpc) is 2.55. The fraction of sp³-hybridized carbons (Fsp3) is 0.250. The van der Waals surface area contributed by atoms with Gasteiger partial charge in [0.1, 0.15) is 5.82 Å². The number of carbonyl (C=O) groups excluding carboxylic acids is 1. The lowest BCUT2D eigenvalue weighted by Crippen LogP contribution is -2.32. The quantitative estimate of drug-likeness (QED) is 0.494. The predicted molar refractivity (Wildman–Crippen MR) is 87.4 cm³/mol. The Morgan fingerprint density at radius 1 is 1.44 bits per heavy atom. The zero-order valence-corrected chi connectivity index (χ0v) is 14.1. The van der Waals surface area contributed by atoms with E-state index in [0.717, 1.165) is 6.07 Å². The van der Waals surface area contributed by atoms with Crippen LogP contribution in [-0.2, 0) is 10.3 Å². The second-order valence-electron chi connectivity index (χ2n) is 5.51. The number of halogens is 2. The lowest BCUT2D eigenvalue weighted by Gasteiger charge is -2.19. The summed E-state index contributed by atoms with van der Waals surface area (Å²) in [6, 6.07) is 6.38. The van der Waals surface area contributed by atoms with Gasteiger partial charge in [-0.15, -0.1) is 0 Å². The van der Waals surface area contributed by atoms with Gasteiger partial charge in [-0.1, -0.05) is 11.6 Å². The van der Waals surface area contributed by atoms with E-state index in [1.165, 1.54) is 38.3 Å². The van der Waals surface area contributed by atoms with Crippen LogP contribution < -0.4 is 0 Å². The maximum atomic E-state index is 13.3. The Morgan fingerprint density at radius 3 is 2.68 bits per heavy atom. The van der Waals surface area contributed by atoms with Crippen molar-refractivity contribution in [2.75, 3.05) is 13.7 Å². The van der Waals surface area contributed by atoms with Gasteiger partial charge in [0.2, 0.25) is 6.54 Å². The zero-order valence-electron chi connectivity index (χ0n) is 13.3. The second-order valence-corrected chi connectivity index (χ2v) is 5.92. The molecular formula is C16H14ClFN2O5. The third-order valence-electron chi connectivity index (χ3n) is 3.45. The molecule has 1 unspecified atom stereocenters. The SMILES string of the molecule is COC(=O)c1cc(-c2ccc(F)c(Cl)c2)nc(C(C)(O)C[N+](=O)[O-])c1. The summed E-state index contributed by atoms with van der Waals surface area (Å²) in [5, 5.41) is 21.0. The Balaban J connectivity index is 2.63. The van der Waals surface area contributed by atoms with Crippen LogP contribution in [0.2, 0.25) is 5.02 Å². The van der Waals surface area contributed by atoms with Crippen LogP contribution >= 0.6 is 11.6 Å². The Labute approximate surface area is 147 Å². The summed E-state index contributed by atoms with van der Waals surface area (Å²) < 4.78 is 18.0. The molecule has 0 saturated heterocycles. The van der Waals surface area contributed by atoms with Crippen molar-refractivity contribution in [3.63, 3.8) is 0 Å². The van der Waals surface area contributed by atoms with Gasteiger partial charge in [0.05, 0.1) is 29.1 Å². The molecule has 9 heteroatoms. The molecule has 25 heavy (non-hydrogen) atoms. The van der Waals surface area contributed by atoms with Gasteiger partial charge in [0.25, 0.3) is 0 Å². The highest BCUT2D eigenvalue weighted by molar-refractivity contribution is 6.31. The third kappa shape index (κ3) is 4.28. The van der Waals surface area contributed by atoms with Crippen LogP contribution in [0.1, 0.15) is 23.0 Å². The van der Waals surface area contributed by atoms with E-state index >= 15 is 0 Å². The highest BCUT2D eigenvalue weighted by Gasteiger charge is 2.32. The van der Waals surface area contributed by atoms with Crippen molar-refractivity contribution >= 4 is 17.6 Å². The van der Waals surface area contributed by atoms with Gasteiger partial charge in [0, 0.05) is 10.5 Å². The van der Waals surface area contributed by atoms with Gasteiger partial charge >= 0.3 is 5.97 Å². The summed E-state index contributed by atoms with van der Waals surface area (Å²) in [5.74, 6) is -1.34. The van der Waals surface area contributed by atoms with Crippen LogP contribution in [-0.4, -0.2) is 34.6 Å². The molecule has 0 saturated carbocycles. The number of nitrogens with zero attached hydrogens (tertiary/aromatic N) is 2. The smallest absolute Gasteiger partial charge is 0.337 e. The first kappa shape index (κ1) is 18.8. The van der Waals surface area contributed by atoms with Gasteiger partial charge in [-0.2, -0.15) is 0 Å². The maximum Gasteiger partial charge on any atom is 0.337 e. The molecule has 0 spiro atoms. The maximum absolute atomic E-state index is 13.3. The molecule has 0 aliphatic heterocycles. The Kier molecular flexibility index (Phi) is 5.34. The molecule has 0 radical (unpaired) electrons. The number of pyridine rings is 1. The predicted octanol–water partition coefficient (Wildman–Crippen LogP) is 2.81. The molecule has 1 N–H and O–H groups in total. The van der Waals surface area contributed by atoms with Crippen LogP contribution in [0.3, 0.4) is 0 Å². The van der Waals surface area contributed by atoms with E-state index in [4.69, 9.17) is 11.6 Å². The number of hydrogen-bond acceptors (Lipinski definition) is 6. The minimum atomic E-state index is -1.92. The third-order valence-corrected chi connectivity index (χ3v) is 3.74. The summed E-state index contributed by atoms with van der Waals surface area (Å²) in [6.07, 6.45) is 0. The highest BCUT2D eigenvalue weighted by atomic mass is 35.5. The van der Waals surface area contributed by atoms with Gasteiger partial charge in [-0.3, -0.25) is 10.1 Å². The van der Waals surface area contributed by atoms with Crippen LogP contribution in [0, 0.1) is 15.9 Å². The lowest BCUT2D eigenvalue weighted by atomic mass is 9.98. The van der Waals surface area contributed by atoms with Crippen molar-refractivity contribution in [3.05, 3.63) is 62.5 Å². The average molecular weight is 369 g/mol. The number of rotatable bonds is 5. The molecule has 0 fully saturated rings. The van der Waals surface area contributed by atoms with E-state index < -0.39 is 28.9 Å². The molecular weight excluding hydrogens is 355 g/mol. The highest BCUT2D eigenvalue weighted by Crippen LogP contribution is 2.28. The zero-order chi connectivity index (χ0) is 18.8. The van der Waals surface area contributed by atoms with E-state index in [1.807, 2.05) is 0 Å². The van der Waals surface area contributed by atoms with Crippen LogP contribution in [0.15, 0.2) is 30.3 Å². The fourth-order valence-corrected chi connectivity index (χ4v) is 2.36. The van der Waals surface area contributed by atoms with Crippen molar-refractivity contribution in [1.29, 1.82) is 0 Å². The molecule has 0 bridgehead atoms. The topological polar surface area (TPSA) is 103 Å². The van der Waals surface area contributed by atoms with E-state index in [9.17, 15) is 24.4 Å². The van der Waals surface area contributed by atoms with Crippen LogP contribution in [0.25, 0.3) is 11.3 Å². The van der Waals surface area contributed by atoms with E-state index in [-0.39, 0.29) is 22.0 Å². The van der Waals surface area contributed by atoms with Gasteiger partial charge in [0.15, 0.2) is 5.60 Å². The van der Waals surface area contributed by atoms with Crippen molar-refractivity contribution in [1.82, 2.24) is 4.98 Å². The van der Waals surface area contributed by atoms with Gasteiger partial charge in [-0.05, 0) is 37.3 Å². The number of benzene rings is 1. The minimum absolute atomic E-state index is 0.0339. The molecule has 2 aromatic rings. The Hall–Kier alpha value is -2.58. The van der Waals surface area contributed by atoms with Crippen molar-refractivity contribution in [2.45, 2.75) is 12.5 Å². The number of carbonyl (C=O) groups is 1. The first-order valence-corrected chi connectivity index (χ1v) is 7.42. The van der Waals surface area contributed by atoms with Crippen molar-refractivity contribution in [2.24, 2.45) is 0 Å². The molecule has 0 aliphatic rings. The second kappa shape index (κ2) is 7.12. The van der Waals surface area contributed by atoms with E-state index in [0.29, 0.717) is 5.56 Å². The van der Waals surface area contributed by atoms with E-state index in [1.54, 1.807) is 0 Å². The fourth-order valence-electron chi connectivity index (χ4n) is 2.18. The molecule has 132 valence electrons. The number of methoxy groups -OCH3 is 1. The van der Waals surface area contributed by atoms with Crippen molar-refractivity contribution in [3.8, 4) is 11.3 Å². The minimum Gasteiger partial charge on any atom is -0.465 e. The Bertz CT molecular complexity index is 841. The van der Waals surface area contributed by atoms with Gasteiger partial charge in [-0.25, -0.2) is 14.2 Å². The molecule has 0 aliphatic carbocycles. The summed E-state index contributed by atoms with van der Waals surface area (Å²) >= 11 is 5.76. The lowest BCUT2D eigenvalue weighted by molar-refractivity contribution is -0.501. The number of nitro groups is 1. The summed E-state index contributed by atoms with van der Waals surface area (Å²) in [4.78, 5) is 26.1. The van der Waals surface area contributed by atoms with Gasteiger partial charge < -0.3 is 9.84 Å². The first-order chi connectivity index (χ1) is 11.6. The molecule has 1 atom stereocenters. The molecule has 2 rings (SSSR count). The largest absolute Gasteiger partial charge is 0.465 e. The number of aliphatic hydroxyl groups is 1. The first-order valence-electron chi connectivity index (χ1n) is 7.04. The number of aromatic nitrogens is 1. The molecule has 1 aromatic heterocycles. The monoisotopic (exact) mass is 368 g/mol.